The molecular formula is C16H25N. The van der Waals surface area contributed by atoms with Crippen LogP contribution in [0.25, 0.3) is 0 Å². The number of piperidine rings is 1. The first-order valence-corrected chi connectivity index (χ1v) is 6.50. The Kier molecular flexibility index (Phi) is 2.78. The molecule has 1 aliphatic rings. The van der Waals surface area contributed by atoms with Gasteiger partial charge < -0.3 is 4.90 Å². The van der Waals surface area contributed by atoms with E-state index in [1.54, 1.807) is 4.90 Å². The summed E-state index contributed by atoms with van der Waals surface area (Å²) in [6.45, 7) is 5.36. The second-order valence-electron chi connectivity index (χ2n) is 4.80. The number of aryl methyl sites for hydroxylation is 2. The lowest BCUT2D eigenvalue weighted by Gasteiger charge is -2.33. The van der Waals surface area contributed by atoms with Crippen LogP contribution in [0.1, 0.15) is 54.2 Å². The molecule has 0 aliphatic carbocycles. The minimum Gasteiger partial charge on any atom is -0.303 e. The highest BCUT2D eigenvalue weighted by atomic mass is 15.1. The van der Waals surface area contributed by atoms with Gasteiger partial charge in [0.2, 0.25) is 0 Å². The van der Waals surface area contributed by atoms with Crippen molar-refractivity contribution < 1.29 is 5.48 Å². The molecule has 2 atom stereocenters. The Balaban J connectivity index is 2.51. The van der Waals surface area contributed by atoms with E-state index in [4.69, 9.17) is 5.48 Å². The summed E-state index contributed by atoms with van der Waals surface area (Å²) in [6.07, 6.45) is 0.643. The van der Waals surface area contributed by atoms with Crippen molar-refractivity contribution in [3.8, 4) is 0 Å². The van der Waals surface area contributed by atoms with Crippen molar-refractivity contribution in [2.75, 3.05) is 19.6 Å². The van der Waals surface area contributed by atoms with Gasteiger partial charge in [0.25, 0.3) is 0 Å². The number of hydrogen-bond donors (Lipinski definition) is 0. The van der Waals surface area contributed by atoms with E-state index < -0.39 is 18.8 Å². The number of rotatable bonds is 3. The smallest absolute Gasteiger partial charge is 0.0437 e. The van der Waals surface area contributed by atoms with E-state index in [1.807, 2.05) is 39.0 Å². The third-order valence-electron chi connectivity index (χ3n) is 3.34. The van der Waals surface area contributed by atoms with Crippen molar-refractivity contribution in [2.24, 2.45) is 0 Å². The molecule has 1 aliphatic heterocycles. The van der Waals surface area contributed by atoms with Crippen LogP contribution in [0.4, 0.5) is 0 Å². The minimum absolute atomic E-state index is 0.538. The van der Waals surface area contributed by atoms with Crippen LogP contribution >= 0.6 is 0 Å². The van der Waals surface area contributed by atoms with Gasteiger partial charge in [-0.2, -0.15) is 0 Å². The molecule has 1 nitrogen and oxygen atoms in total. The van der Waals surface area contributed by atoms with Crippen LogP contribution in [-0.4, -0.2) is 24.5 Å². The molecular weight excluding hydrogens is 206 g/mol. The van der Waals surface area contributed by atoms with E-state index in [2.05, 4.69) is 0 Å². The van der Waals surface area contributed by atoms with Crippen LogP contribution in [0.2, 0.25) is 0 Å². The lowest BCUT2D eigenvalue weighted by molar-refractivity contribution is 0.208. The van der Waals surface area contributed by atoms with Gasteiger partial charge in [0.1, 0.15) is 0 Å². The van der Waals surface area contributed by atoms with Crippen LogP contribution in [0.3, 0.4) is 0 Å². The lowest BCUT2D eigenvalue weighted by Crippen LogP contribution is -2.34. The van der Waals surface area contributed by atoms with Crippen LogP contribution < -0.4 is 0 Å². The maximum absolute atomic E-state index is 8.84. The average molecular weight is 235 g/mol. The van der Waals surface area contributed by atoms with Crippen molar-refractivity contribution in [1.29, 1.82) is 0 Å². The van der Waals surface area contributed by atoms with E-state index in [0.29, 0.717) is 25.1 Å². The summed E-state index contributed by atoms with van der Waals surface area (Å²) in [7, 11) is 0. The maximum atomic E-state index is 8.84. The monoisotopic (exact) mass is 235 g/mol. The van der Waals surface area contributed by atoms with E-state index in [-0.39, 0.29) is 0 Å². The summed E-state index contributed by atoms with van der Waals surface area (Å²) >= 11 is 0. The van der Waals surface area contributed by atoms with Gasteiger partial charge >= 0.3 is 0 Å². The van der Waals surface area contributed by atoms with Gasteiger partial charge in [-0.15, -0.1) is 0 Å². The van der Waals surface area contributed by atoms with Gasteiger partial charge in [0.05, 0.1) is 0 Å². The summed E-state index contributed by atoms with van der Waals surface area (Å²) < 4.78 is 34.2. The molecule has 1 aromatic rings. The molecule has 94 valence electrons. The second kappa shape index (κ2) is 5.68. The Morgan fingerprint density at radius 1 is 1.41 bits per heavy atom. The summed E-state index contributed by atoms with van der Waals surface area (Å²) in [5, 5.41) is 0. The van der Waals surface area contributed by atoms with Crippen LogP contribution in [-0.2, 0) is 0 Å². The van der Waals surface area contributed by atoms with Crippen molar-refractivity contribution in [3.05, 3.63) is 34.9 Å². The van der Waals surface area contributed by atoms with Crippen LogP contribution in [0.5, 0.6) is 0 Å². The van der Waals surface area contributed by atoms with E-state index in [0.717, 1.165) is 17.5 Å². The number of benzene rings is 1. The van der Waals surface area contributed by atoms with Crippen molar-refractivity contribution >= 4 is 0 Å². The fraction of sp³-hybridized carbons (Fsp3) is 0.625. The predicted octanol–water partition coefficient (Wildman–Crippen LogP) is 3.89. The SMILES string of the molecule is [2H]C1CCN(CCC)C([2H])([2H])C1([2H])c1ccc(C)c(C)c1. The average Bonchev–Trinajstić information content (AvgIpc) is 2.43. The van der Waals surface area contributed by atoms with E-state index in [9.17, 15) is 0 Å². The number of hydrogen-bond acceptors (Lipinski definition) is 1. The molecule has 0 N–H and O–H groups in total. The zero-order chi connectivity index (χ0) is 15.8. The summed E-state index contributed by atoms with van der Waals surface area (Å²) in [5.74, 6) is -1.54. The Morgan fingerprint density at radius 2 is 2.24 bits per heavy atom. The highest BCUT2D eigenvalue weighted by Crippen LogP contribution is 2.28. The Hall–Kier alpha value is -0.820. The highest BCUT2D eigenvalue weighted by Gasteiger charge is 2.20. The molecule has 2 rings (SSSR count). The summed E-state index contributed by atoms with van der Waals surface area (Å²) in [4.78, 5) is 1.74. The molecule has 0 amide bonds. The maximum Gasteiger partial charge on any atom is 0.0437 e. The van der Waals surface area contributed by atoms with Crippen molar-refractivity contribution in [3.63, 3.8) is 0 Å². The number of likely N-dealkylation sites (tertiary alicyclic amines) is 1. The summed E-state index contributed by atoms with van der Waals surface area (Å²) in [5.41, 5.74) is 2.80. The first-order valence-electron chi connectivity index (χ1n) is 8.58. The van der Waals surface area contributed by atoms with Gasteiger partial charge in [-0.05, 0) is 68.8 Å². The lowest BCUT2D eigenvalue weighted by atomic mass is 9.89. The Bertz CT molecular complexity index is 517. The molecule has 1 heterocycles. The van der Waals surface area contributed by atoms with Gasteiger partial charge in [0.15, 0.2) is 0 Å². The molecule has 0 saturated carbocycles. The second-order valence-corrected chi connectivity index (χ2v) is 4.80. The highest BCUT2D eigenvalue weighted by molar-refractivity contribution is 5.32. The predicted molar refractivity (Wildman–Crippen MR) is 74.6 cm³/mol. The van der Waals surface area contributed by atoms with Crippen molar-refractivity contribution in [2.45, 2.75) is 45.9 Å². The molecule has 2 unspecified atom stereocenters. The normalized spacial score (nSPS) is 36.8. The fourth-order valence-electron chi connectivity index (χ4n) is 2.17. The Labute approximate surface area is 111 Å². The first kappa shape index (κ1) is 8.31. The topological polar surface area (TPSA) is 3.24 Å². The van der Waals surface area contributed by atoms with Crippen LogP contribution in [0, 0.1) is 13.8 Å². The van der Waals surface area contributed by atoms with Gasteiger partial charge in [-0.1, -0.05) is 25.1 Å². The van der Waals surface area contributed by atoms with Gasteiger partial charge in [-0.3, -0.25) is 0 Å². The van der Waals surface area contributed by atoms with Gasteiger partial charge in [0, 0.05) is 12.0 Å². The fourth-order valence-corrected chi connectivity index (χ4v) is 2.17. The zero-order valence-corrected chi connectivity index (χ0v) is 11.1. The molecule has 1 saturated heterocycles. The minimum atomic E-state index is -1.82. The quantitative estimate of drug-likeness (QED) is 0.768. The van der Waals surface area contributed by atoms with E-state index in [1.165, 1.54) is 0 Å². The van der Waals surface area contributed by atoms with E-state index >= 15 is 0 Å². The van der Waals surface area contributed by atoms with Gasteiger partial charge in [-0.25, -0.2) is 0 Å². The largest absolute Gasteiger partial charge is 0.303 e. The summed E-state index contributed by atoms with van der Waals surface area (Å²) in [6, 6.07) is 5.64. The Morgan fingerprint density at radius 3 is 2.94 bits per heavy atom. The standard InChI is InChI=1S/C16H25N/c1-4-9-17-10-5-6-16(12-17)15-8-7-13(2)14(3)11-15/h7-8,11,16H,4-6,9-10,12H2,1-3H3/i6D,12D2,16D. The first-order chi connectivity index (χ1) is 9.75. The third kappa shape index (κ3) is 3.10. The molecule has 0 spiro atoms. The molecule has 0 radical (unpaired) electrons. The van der Waals surface area contributed by atoms with Crippen LogP contribution in [0.15, 0.2) is 18.2 Å². The zero-order valence-electron chi connectivity index (χ0n) is 15.1. The molecule has 1 heteroatoms. The molecule has 0 bridgehead atoms. The van der Waals surface area contributed by atoms with Crippen molar-refractivity contribution in [1.82, 2.24) is 4.90 Å². The molecule has 0 aromatic heterocycles. The number of nitrogens with zero attached hydrogens (tertiary/aromatic N) is 1. The third-order valence-corrected chi connectivity index (χ3v) is 3.34. The molecule has 17 heavy (non-hydrogen) atoms. The molecule has 1 aromatic carbocycles. The molecule has 1 fully saturated rings.